The number of ether oxygens (including phenoxy) is 1. The van der Waals surface area contributed by atoms with Crippen molar-refractivity contribution in [2.75, 3.05) is 6.61 Å². The van der Waals surface area contributed by atoms with Gasteiger partial charge in [0, 0.05) is 20.4 Å². The van der Waals surface area contributed by atoms with E-state index in [1.165, 1.54) is 0 Å². The fourth-order valence-corrected chi connectivity index (χ4v) is 2.60. The smallest absolute Gasteiger partial charge is 0.395 e. The molecule has 0 atom stereocenters. The van der Waals surface area contributed by atoms with Crippen LogP contribution in [0.15, 0.2) is 0 Å². The van der Waals surface area contributed by atoms with Crippen LogP contribution in [0.4, 0.5) is 4.79 Å². The van der Waals surface area contributed by atoms with Gasteiger partial charge in [0.25, 0.3) is 0 Å². The molecule has 0 aromatic heterocycles. The van der Waals surface area contributed by atoms with Crippen LogP contribution in [0.1, 0.15) is 41.0 Å². The third-order valence-electron chi connectivity index (χ3n) is 2.09. The first-order valence-corrected chi connectivity index (χ1v) is 7.17. The van der Waals surface area contributed by atoms with E-state index in [-0.39, 0.29) is 32.9 Å². The van der Waals surface area contributed by atoms with Gasteiger partial charge >= 0.3 is 16.4 Å². The molecule has 0 aromatic carbocycles. The van der Waals surface area contributed by atoms with Crippen LogP contribution in [0.3, 0.4) is 0 Å². The summed E-state index contributed by atoms with van der Waals surface area (Å²) < 4.78 is 33.7. The maximum atomic E-state index is 11.9. The average molecular weight is 465 g/mol. The summed E-state index contributed by atoms with van der Waals surface area (Å²) in [4.78, 5) is 11.9. The summed E-state index contributed by atoms with van der Waals surface area (Å²) in [5.74, 6) is 0.224. The molecule has 1 saturated heterocycles. The maximum Gasteiger partial charge on any atom is 0.395 e. The molecule has 0 aromatic rings. The summed E-state index contributed by atoms with van der Waals surface area (Å²) >= 11 is 0. The minimum Gasteiger partial charge on any atom is -0.445 e. The Kier molecular flexibility index (Phi) is 6.47. The molecule has 0 saturated carbocycles. The summed E-state index contributed by atoms with van der Waals surface area (Å²) in [6.07, 6.45) is -0.436. The van der Waals surface area contributed by atoms with E-state index >= 15 is 0 Å². The van der Waals surface area contributed by atoms with Gasteiger partial charge in [-0.2, -0.15) is 20.9 Å². The summed E-state index contributed by atoms with van der Waals surface area (Å²) in [6.45, 7) is 8.82. The van der Waals surface area contributed by atoms with Gasteiger partial charge in [0.15, 0.2) is 0 Å². The number of amides is 1. The second-order valence-electron chi connectivity index (χ2n) is 5.63. The fourth-order valence-electron chi connectivity index (χ4n) is 1.55. The van der Waals surface area contributed by atoms with Gasteiger partial charge < -0.3 is 9.04 Å². The number of nitrogens with zero attached hydrogens (tertiary/aromatic N) is 1. The molecule has 19 heavy (non-hydrogen) atoms. The van der Waals surface area contributed by atoms with Crippen LogP contribution in [-0.4, -0.2) is 31.0 Å². The average Bonchev–Trinajstić information content (AvgIpc) is 2.36. The van der Waals surface area contributed by atoms with Crippen LogP contribution in [-0.2, 0) is 39.6 Å². The molecule has 1 amide bonds. The number of carbonyl (C=O) groups is 1. The van der Waals surface area contributed by atoms with Crippen molar-refractivity contribution in [3.63, 3.8) is 0 Å². The minimum absolute atomic E-state index is 0. The Hall–Kier alpha value is -0.158. The molecule has 1 heterocycles. The van der Waals surface area contributed by atoms with Crippen molar-refractivity contribution in [3.05, 3.63) is 6.04 Å². The van der Waals surface area contributed by atoms with Gasteiger partial charge in [-0.1, -0.05) is 19.8 Å². The SMILES string of the molecule is CC(C)C[C-]1COS(=O)(=O)N1C(=O)OC(C)(C)C.[Re]. The molecule has 1 radical (unpaired) electrons. The second-order valence-corrected chi connectivity index (χ2v) is 7.09. The first-order chi connectivity index (χ1) is 8.03. The topological polar surface area (TPSA) is 72.9 Å². The van der Waals surface area contributed by atoms with Gasteiger partial charge in [-0.05, 0) is 27.4 Å². The van der Waals surface area contributed by atoms with E-state index in [4.69, 9.17) is 4.74 Å². The first-order valence-electron chi connectivity index (χ1n) is 5.80. The van der Waals surface area contributed by atoms with Gasteiger partial charge in [-0.25, -0.2) is 4.79 Å². The molecular weight excluding hydrogens is 444 g/mol. The predicted octanol–water partition coefficient (Wildman–Crippen LogP) is 2.07. The Morgan fingerprint density at radius 1 is 1.42 bits per heavy atom. The third kappa shape index (κ3) is 5.38. The monoisotopic (exact) mass is 465 g/mol. The standard InChI is InChI=1S/C11H20NO5S.Re/c1-8(2)6-9-7-16-18(14,15)12(9)10(13)17-11(3,4)5;/h8H,6-7H2,1-5H3;/q-1;. The van der Waals surface area contributed by atoms with E-state index < -0.39 is 22.0 Å². The minimum atomic E-state index is -4.03. The van der Waals surface area contributed by atoms with E-state index in [1.54, 1.807) is 20.8 Å². The maximum absolute atomic E-state index is 11.9. The molecule has 0 aliphatic carbocycles. The third-order valence-corrected chi connectivity index (χ3v) is 3.36. The zero-order valence-electron chi connectivity index (χ0n) is 11.8. The van der Waals surface area contributed by atoms with E-state index in [1.807, 2.05) is 13.8 Å². The van der Waals surface area contributed by atoms with Gasteiger partial charge in [-0.15, -0.1) is 0 Å². The van der Waals surface area contributed by atoms with Gasteiger partial charge in [0.1, 0.15) is 5.60 Å². The van der Waals surface area contributed by atoms with E-state index in [0.717, 1.165) is 0 Å². The molecule has 0 bridgehead atoms. The second kappa shape index (κ2) is 6.53. The zero-order chi connectivity index (χ0) is 14.1. The summed E-state index contributed by atoms with van der Waals surface area (Å²) in [5, 5.41) is 0. The number of hydrogen-bond donors (Lipinski definition) is 0. The molecule has 1 fully saturated rings. The molecule has 1 aliphatic rings. The molecule has 8 heteroatoms. The van der Waals surface area contributed by atoms with Crippen LogP contribution >= 0.6 is 0 Å². The summed E-state index contributed by atoms with van der Waals surface area (Å²) in [6, 6.07) is 0.416. The number of rotatable bonds is 2. The Morgan fingerprint density at radius 2 is 1.95 bits per heavy atom. The van der Waals surface area contributed by atoms with Crippen LogP contribution in [0.5, 0.6) is 0 Å². The molecule has 1 aliphatic heterocycles. The molecular formula is C11H20NO5ReS-. The first kappa shape index (κ1) is 18.8. The molecule has 113 valence electrons. The quantitative estimate of drug-likeness (QED) is 0.585. The van der Waals surface area contributed by atoms with Crippen LogP contribution in [0, 0.1) is 12.0 Å². The van der Waals surface area contributed by atoms with Crippen molar-refractivity contribution >= 4 is 16.4 Å². The van der Waals surface area contributed by atoms with Gasteiger partial charge in [-0.3, -0.25) is 4.18 Å². The van der Waals surface area contributed by atoms with Crippen molar-refractivity contribution in [3.8, 4) is 0 Å². The van der Waals surface area contributed by atoms with E-state index in [9.17, 15) is 13.2 Å². The van der Waals surface area contributed by atoms with Gasteiger partial charge in [0.05, 0.1) is 0 Å². The Morgan fingerprint density at radius 3 is 2.37 bits per heavy atom. The molecule has 0 spiro atoms. The number of carbonyl (C=O) groups excluding carboxylic acids is 1. The van der Waals surface area contributed by atoms with Crippen molar-refractivity contribution in [2.45, 2.75) is 46.6 Å². The van der Waals surface area contributed by atoms with Gasteiger partial charge in [0.2, 0.25) is 0 Å². The van der Waals surface area contributed by atoms with Crippen molar-refractivity contribution < 1.29 is 42.6 Å². The van der Waals surface area contributed by atoms with E-state index in [0.29, 0.717) is 16.8 Å². The Balaban J connectivity index is 0.00000324. The van der Waals surface area contributed by atoms with Crippen LogP contribution in [0.25, 0.3) is 0 Å². The molecule has 1 rings (SSSR count). The molecule has 0 unspecified atom stereocenters. The molecule has 6 nitrogen and oxygen atoms in total. The largest absolute Gasteiger partial charge is 0.445 e. The predicted molar refractivity (Wildman–Crippen MR) is 65.6 cm³/mol. The fraction of sp³-hybridized carbons (Fsp3) is 0.818. The number of hydrogen-bond acceptors (Lipinski definition) is 5. The van der Waals surface area contributed by atoms with E-state index in [2.05, 4.69) is 4.18 Å². The van der Waals surface area contributed by atoms with Crippen LogP contribution < -0.4 is 0 Å². The summed E-state index contributed by atoms with van der Waals surface area (Å²) in [7, 11) is -4.03. The Labute approximate surface area is 128 Å². The molecule has 0 N–H and O–H groups in total. The van der Waals surface area contributed by atoms with Crippen molar-refractivity contribution in [2.24, 2.45) is 5.92 Å². The zero-order valence-corrected chi connectivity index (χ0v) is 15.3. The van der Waals surface area contributed by atoms with Crippen molar-refractivity contribution in [1.29, 1.82) is 0 Å². The van der Waals surface area contributed by atoms with Crippen LogP contribution in [0.2, 0.25) is 0 Å². The normalized spacial score (nSPS) is 19.4. The summed E-state index contributed by atoms with van der Waals surface area (Å²) in [5.41, 5.74) is -0.752. The van der Waals surface area contributed by atoms with Crippen molar-refractivity contribution in [1.82, 2.24) is 4.31 Å². The Bertz CT molecular complexity index is 415.